The van der Waals surface area contributed by atoms with Crippen molar-refractivity contribution < 1.29 is 0 Å². The molecule has 1 atom stereocenters. The summed E-state index contributed by atoms with van der Waals surface area (Å²) < 4.78 is 0. The third-order valence-corrected chi connectivity index (χ3v) is 5.18. The molecule has 2 aliphatic heterocycles. The van der Waals surface area contributed by atoms with Crippen LogP contribution in [0.15, 0.2) is 5.38 Å². The van der Waals surface area contributed by atoms with Crippen molar-refractivity contribution in [3.05, 3.63) is 10.5 Å². The van der Waals surface area contributed by atoms with Gasteiger partial charge in [0.05, 0.1) is 0 Å². The highest BCUT2D eigenvalue weighted by atomic mass is 35.5. The molecule has 0 aliphatic carbocycles. The van der Waals surface area contributed by atoms with Crippen LogP contribution >= 0.6 is 22.9 Å². The highest BCUT2D eigenvalue weighted by molar-refractivity contribution is 7.14. The van der Waals surface area contributed by atoms with Crippen molar-refractivity contribution in [2.45, 2.75) is 25.7 Å². The maximum absolute atomic E-state index is 5.92. The molecule has 3 rings (SSSR count). The molecule has 1 N–H and O–H groups in total. The van der Waals surface area contributed by atoms with E-state index in [0.29, 0.717) is 10.6 Å². The number of piperidine rings is 2. The summed E-state index contributed by atoms with van der Waals surface area (Å²) in [6.07, 6.45) is 5.30. The third-order valence-electron chi connectivity index (χ3n) is 3.96. The predicted octanol–water partition coefficient (Wildman–Crippen LogP) is 2.77. The lowest BCUT2D eigenvalue weighted by Crippen LogP contribution is -2.51. The Bertz CT molecular complexity index is 381. The normalized spacial score (nSPS) is 29.8. The number of hydrogen-bond acceptors (Lipinski definition) is 4. The largest absolute Gasteiger partial charge is 0.347 e. The Morgan fingerprint density at radius 2 is 2.29 bits per heavy atom. The highest BCUT2D eigenvalue weighted by Crippen LogP contribution is 2.38. The minimum Gasteiger partial charge on any atom is -0.347 e. The maximum atomic E-state index is 5.92. The van der Waals surface area contributed by atoms with Crippen LogP contribution < -0.4 is 10.2 Å². The summed E-state index contributed by atoms with van der Waals surface area (Å²) in [7, 11) is 0. The van der Waals surface area contributed by atoms with Crippen molar-refractivity contribution in [1.29, 1.82) is 0 Å². The van der Waals surface area contributed by atoms with Gasteiger partial charge in [-0.3, -0.25) is 0 Å². The fraction of sp³-hybridized carbons (Fsp3) is 0.750. The van der Waals surface area contributed by atoms with E-state index in [2.05, 4.69) is 15.2 Å². The van der Waals surface area contributed by atoms with Gasteiger partial charge in [0, 0.05) is 30.4 Å². The molecule has 0 radical (unpaired) electrons. The second kappa shape index (κ2) is 4.75. The third kappa shape index (κ3) is 2.44. The number of thiazole rings is 1. The number of nitrogens with zero attached hydrogens (tertiary/aromatic N) is 2. The highest BCUT2D eigenvalue weighted by Gasteiger charge is 2.37. The Morgan fingerprint density at radius 3 is 3.00 bits per heavy atom. The fourth-order valence-corrected chi connectivity index (χ4v) is 4.12. The molecule has 94 valence electrons. The van der Waals surface area contributed by atoms with E-state index >= 15 is 0 Å². The van der Waals surface area contributed by atoms with Gasteiger partial charge in [0.25, 0.3) is 0 Å². The van der Waals surface area contributed by atoms with Crippen LogP contribution in [0.3, 0.4) is 0 Å². The first-order chi connectivity index (χ1) is 8.27. The zero-order valence-electron chi connectivity index (χ0n) is 9.91. The van der Waals surface area contributed by atoms with Gasteiger partial charge in [-0.1, -0.05) is 11.6 Å². The van der Waals surface area contributed by atoms with Crippen LogP contribution in [0, 0.1) is 5.41 Å². The zero-order valence-corrected chi connectivity index (χ0v) is 11.5. The Balaban J connectivity index is 1.74. The molecule has 2 saturated heterocycles. The summed E-state index contributed by atoms with van der Waals surface area (Å²) in [5.74, 6) is 0. The topological polar surface area (TPSA) is 28.2 Å². The standard InChI is InChI=1S/C12H18ClN3S/c13-10-7-17-11(15-10)16-6-2-4-12(9-16)3-1-5-14-8-12/h7,14H,1-6,8-9H2. The van der Waals surface area contributed by atoms with Crippen LogP contribution in [0.4, 0.5) is 5.13 Å². The molecule has 0 amide bonds. The zero-order chi connectivity index (χ0) is 11.7. The van der Waals surface area contributed by atoms with Crippen molar-refractivity contribution in [2.75, 3.05) is 31.1 Å². The number of aromatic nitrogens is 1. The number of rotatable bonds is 1. The molecular formula is C12H18ClN3S. The molecule has 3 nitrogen and oxygen atoms in total. The number of nitrogens with one attached hydrogen (secondary N) is 1. The van der Waals surface area contributed by atoms with Gasteiger partial charge in [0.2, 0.25) is 0 Å². The van der Waals surface area contributed by atoms with Gasteiger partial charge in [-0.25, -0.2) is 4.98 Å². The van der Waals surface area contributed by atoms with Crippen LogP contribution in [-0.2, 0) is 0 Å². The predicted molar refractivity (Wildman–Crippen MR) is 73.1 cm³/mol. The van der Waals surface area contributed by atoms with Crippen LogP contribution in [0.1, 0.15) is 25.7 Å². The molecule has 17 heavy (non-hydrogen) atoms. The molecule has 1 aromatic rings. The second-order valence-corrected chi connectivity index (χ2v) is 6.48. The van der Waals surface area contributed by atoms with E-state index in [0.717, 1.165) is 18.2 Å². The van der Waals surface area contributed by atoms with Crippen LogP contribution in [-0.4, -0.2) is 31.2 Å². The first-order valence-corrected chi connectivity index (χ1v) is 7.60. The molecule has 3 heterocycles. The Morgan fingerprint density at radius 1 is 1.41 bits per heavy atom. The molecule has 2 aliphatic rings. The average molecular weight is 272 g/mol. The monoisotopic (exact) mass is 271 g/mol. The maximum Gasteiger partial charge on any atom is 0.186 e. The van der Waals surface area contributed by atoms with E-state index in [4.69, 9.17) is 11.6 Å². The average Bonchev–Trinajstić information content (AvgIpc) is 2.77. The van der Waals surface area contributed by atoms with Gasteiger partial charge in [0.1, 0.15) is 5.15 Å². The van der Waals surface area contributed by atoms with Gasteiger partial charge in [-0.05, 0) is 32.2 Å². The molecule has 0 aromatic carbocycles. The molecule has 2 fully saturated rings. The van der Waals surface area contributed by atoms with E-state index in [1.165, 1.54) is 38.8 Å². The quantitative estimate of drug-likeness (QED) is 0.851. The number of hydrogen-bond donors (Lipinski definition) is 1. The molecule has 1 unspecified atom stereocenters. The van der Waals surface area contributed by atoms with Gasteiger partial charge < -0.3 is 10.2 Å². The molecule has 1 aromatic heterocycles. The summed E-state index contributed by atoms with van der Waals surface area (Å²) in [4.78, 5) is 6.83. The summed E-state index contributed by atoms with van der Waals surface area (Å²) >= 11 is 7.58. The number of anilines is 1. The van der Waals surface area contributed by atoms with E-state index in [-0.39, 0.29) is 0 Å². The molecule has 0 bridgehead atoms. The first kappa shape index (κ1) is 11.8. The Kier molecular flexibility index (Phi) is 3.28. The Hall–Kier alpha value is -0.320. The summed E-state index contributed by atoms with van der Waals surface area (Å²) in [6, 6.07) is 0. The molecule has 1 spiro atoms. The van der Waals surface area contributed by atoms with Crippen LogP contribution in [0.5, 0.6) is 0 Å². The second-order valence-electron chi connectivity index (χ2n) is 5.26. The van der Waals surface area contributed by atoms with Gasteiger partial charge in [-0.2, -0.15) is 0 Å². The van der Waals surface area contributed by atoms with E-state index < -0.39 is 0 Å². The fourth-order valence-electron chi connectivity index (χ4n) is 3.14. The molecule has 0 saturated carbocycles. The number of halogens is 1. The lowest BCUT2D eigenvalue weighted by molar-refractivity contribution is 0.173. The van der Waals surface area contributed by atoms with Gasteiger partial charge in [-0.15, -0.1) is 11.3 Å². The summed E-state index contributed by atoms with van der Waals surface area (Å²) in [5, 5.41) is 7.21. The van der Waals surface area contributed by atoms with E-state index in [1.807, 2.05) is 5.38 Å². The van der Waals surface area contributed by atoms with Crippen molar-refractivity contribution in [3.63, 3.8) is 0 Å². The minimum atomic E-state index is 0.481. The van der Waals surface area contributed by atoms with Gasteiger partial charge in [0.15, 0.2) is 5.13 Å². The van der Waals surface area contributed by atoms with E-state index in [9.17, 15) is 0 Å². The van der Waals surface area contributed by atoms with Crippen molar-refractivity contribution in [1.82, 2.24) is 10.3 Å². The van der Waals surface area contributed by atoms with E-state index in [1.54, 1.807) is 11.3 Å². The smallest absolute Gasteiger partial charge is 0.186 e. The first-order valence-electron chi connectivity index (χ1n) is 6.34. The summed E-state index contributed by atoms with van der Waals surface area (Å²) in [6.45, 7) is 4.63. The van der Waals surface area contributed by atoms with Crippen molar-refractivity contribution >= 4 is 28.1 Å². The van der Waals surface area contributed by atoms with Crippen LogP contribution in [0.25, 0.3) is 0 Å². The van der Waals surface area contributed by atoms with Crippen molar-refractivity contribution in [3.8, 4) is 0 Å². The van der Waals surface area contributed by atoms with Gasteiger partial charge >= 0.3 is 0 Å². The molecule has 5 heteroatoms. The SMILES string of the molecule is Clc1csc(N2CCCC3(CCCNC3)C2)n1. The minimum absolute atomic E-state index is 0.481. The van der Waals surface area contributed by atoms with Crippen molar-refractivity contribution in [2.24, 2.45) is 5.41 Å². The lowest BCUT2D eigenvalue weighted by Gasteiger charge is -2.45. The van der Waals surface area contributed by atoms with Crippen LogP contribution in [0.2, 0.25) is 5.15 Å². The summed E-state index contributed by atoms with van der Waals surface area (Å²) in [5.41, 5.74) is 0.481. The Labute approximate surface area is 111 Å². The molecular weight excluding hydrogens is 254 g/mol. The lowest BCUT2D eigenvalue weighted by atomic mass is 9.74.